The number of thiophene rings is 1. The molecule has 19 heavy (non-hydrogen) atoms. The third kappa shape index (κ3) is 4.03. The molecule has 1 amide bonds. The Morgan fingerprint density at radius 1 is 1.47 bits per heavy atom. The zero-order chi connectivity index (χ0) is 13.7. The predicted molar refractivity (Wildman–Crippen MR) is 78.9 cm³/mol. The quantitative estimate of drug-likeness (QED) is 0.506. The topological polar surface area (TPSA) is 58.4 Å². The molecule has 106 valence electrons. The minimum atomic E-state index is -0.196. The van der Waals surface area contributed by atoms with Crippen molar-refractivity contribution in [1.29, 1.82) is 0 Å². The summed E-state index contributed by atoms with van der Waals surface area (Å²) in [7, 11) is 0. The number of carbonyl (C=O) groups is 1. The molecule has 2 rings (SSSR count). The maximum Gasteiger partial charge on any atom is 0.275 e. The van der Waals surface area contributed by atoms with Crippen LogP contribution in [-0.2, 0) is 6.54 Å². The van der Waals surface area contributed by atoms with E-state index in [1.54, 1.807) is 0 Å². The number of hydrazine groups is 1. The molecule has 1 atom stereocenters. The number of likely N-dealkylation sites (tertiary alicyclic amines) is 1. The molecule has 2 heterocycles. The number of nitrogens with two attached hydrogens (primary N) is 1. The first-order valence-electron chi connectivity index (χ1n) is 7.05. The van der Waals surface area contributed by atoms with Crippen LogP contribution < -0.4 is 11.3 Å². The lowest BCUT2D eigenvalue weighted by molar-refractivity contribution is 0.0957. The lowest BCUT2D eigenvalue weighted by Gasteiger charge is -2.19. The van der Waals surface area contributed by atoms with Crippen molar-refractivity contribution in [1.82, 2.24) is 10.3 Å². The normalized spacial score (nSPS) is 21.1. The molecule has 1 aliphatic heterocycles. The maximum atomic E-state index is 11.4. The zero-order valence-corrected chi connectivity index (χ0v) is 12.3. The number of nitrogens with one attached hydrogen (secondary N) is 1. The van der Waals surface area contributed by atoms with Gasteiger partial charge in [-0.1, -0.05) is 13.3 Å². The van der Waals surface area contributed by atoms with Crippen molar-refractivity contribution < 1.29 is 4.79 Å². The van der Waals surface area contributed by atoms with E-state index in [4.69, 9.17) is 5.84 Å². The van der Waals surface area contributed by atoms with Crippen molar-refractivity contribution in [3.05, 3.63) is 21.9 Å². The van der Waals surface area contributed by atoms with E-state index in [9.17, 15) is 4.79 Å². The largest absolute Gasteiger partial charge is 0.298 e. The Kier molecular flexibility index (Phi) is 5.36. The van der Waals surface area contributed by atoms with E-state index in [0.29, 0.717) is 4.88 Å². The molecule has 0 bridgehead atoms. The SMILES string of the molecule is CCC1CCCN(Cc2ccc(C(=O)NN)s2)CC1. The summed E-state index contributed by atoms with van der Waals surface area (Å²) in [6, 6.07) is 3.90. The van der Waals surface area contributed by atoms with Crippen LogP contribution in [0, 0.1) is 5.92 Å². The molecule has 5 heteroatoms. The van der Waals surface area contributed by atoms with Crippen molar-refractivity contribution in [2.24, 2.45) is 11.8 Å². The monoisotopic (exact) mass is 281 g/mol. The minimum absolute atomic E-state index is 0.196. The van der Waals surface area contributed by atoms with Gasteiger partial charge < -0.3 is 0 Å². The van der Waals surface area contributed by atoms with Crippen LogP contribution in [0.5, 0.6) is 0 Å². The Morgan fingerprint density at radius 2 is 2.32 bits per heavy atom. The van der Waals surface area contributed by atoms with Gasteiger partial charge >= 0.3 is 0 Å². The molecular weight excluding hydrogens is 258 g/mol. The first-order chi connectivity index (χ1) is 9.22. The first-order valence-corrected chi connectivity index (χ1v) is 7.86. The number of nitrogen functional groups attached to an aromatic ring is 1. The Morgan fingerprint density at radius 3 is 3.05 bits per heavy atom. The summed E-state index contributed by atoms with van der Waals surface area (Å²) in [5.74, 6) is 5.84. The van der Waals surface area contributed by atoms with Gasteiger partial charge in [0.2, 0.25) is 0 Å². The molecular formula is C14H23N3OS. The fourth-order valence-electron chi connectivity index (χ4n) is 2.67. The highest BCUT2D eigenvalue weighted by atomic mass is 32.1. The highest BCUT2D eigenvalue weighted by Gasteiger charge is 2.16. The molecule has 4 nitrogen and oxygen atoms in total. The summed E-state index contributed by atoms with van der Waals surface area (Å²) in [5, 5.41) is 0. The van der Waals surface area contributed by atoms with E-state index >= 15 is 0 Å². The van der Waals surface area contributed by atoms with Gasteiger partial charge in [0, 0.05) is 11.4 Å². The van der Waals surface area contributed by atoms with Gasteiger partial charge in [-0.3, -0.25) is 15.1 Å². The number of hydrogen-bond acceptors (Lipinski definition) is 4. The smallest absolute Gasteiger partial charge is 0.275 e. The number of hydrogen-bond donors (Lipinski definition) is 2. The van der Waals surface area contributed by atoms with Crippen LogP contribution in [-0.4, -0.2) is 23.9 Å². The molecule has 0 radical (unpaired) electrons. The summed E-state index contributed by atoms with van der Waals surface area (Å²) in [5.41, 5.74) is 2.18. The van der Waals surface area contributed by atoms with E-state index in [1.165, 1.54) is 55.0 Å². The van der Waals surface area contributed by atoms with E-state index in [1.807, 2.05) is 12.1 Å². The van der Waals surface area contributed by atoms with Gasteiger partial charge in [0.15, 0.2) is 0 Å². The molecule has 3 N–H and O–H groups in total. The molecule has 1 fully saturated rings. The lowest BCUT2D eigenvalue weighted by Crippen LogP contribution is -2.29. The summed E-state index contributed by atoms with van der Waals surface area (Å²) >= 11 is 1.54. The average Bonchev–Trinajstić information content (AvgIpc) is 2.77. The second-order valence-electron chi connectivity index (χ2n) is 5.22. The van der Waals surface area contributed by atoms with Crippen molar-refractivity contribution in [3.63, 3.8) is 0 Å². The maximum absolute atomic E-state index is 11.4. The third-order valence-corrected chi connectivity index (χ3v) is 4.98. The summed E-state index contributed by atoms with van der Waals surface area (Å²) < 4.78 is 0. The van der Waals surface area contributed by atoms with E-state index < -0.39 is 0 Å². The van der Waals surface area contributed by atoms with Crippen LogP contribution in [0.2, 0.25) is 0 Å². The number of carbonyl (C=O) groups excluding carboxylic acids is 1. The summed E-state index contributed by atoms with van der Waals surface area (Å²) in [6.07, 6.45) is 5.25. The van der Waals surface area contributed by atoms with Crippen molar-refractivity contribution in [2.75, 3.05) is 13.1 Å². The molecule has 1 unspecified atom stereocenters. The predicted octanol–water partition coefficient (Wildman–Crippen LogP) is 2.36. The van der Waals surface area contributed by atoms with Crippen LogP contribution in [0.25, 0.3) is 0 Å². The Balaban J connectivity index is 1.90. The van der Waals surface area contributed by atoms with Gasteiger partial charge in [0.05, 0.1) is 4.88 Å². The van der Waals surface area contributed by atoms with Gasteiger partial charge in [-0.05, 0) is 50.4 Å². The van der Waals surface area contributed by atoms with E-state index in [0.717, 1.165) is 12.5 Å². The summed E-state index contributed by atoms with van der Waals surface area (Å²) in [6.45, 7) is 5.60. The number of rotatable bonds is 4. The van der Waals surface area contributed by atoms with Crippen molar-refractivity contribution >= 4 is 17.2 Å². The third-order valence-electron chi connectivity index (χ3n) is 3.91. The molecule has 0 aromatic carbocycles. The Bertz CT molecular complexity index is 419. The van der Waals surface area contributed by atoms with E-state index in [-0.39, 0.29) is 5.91 Å². The molecule has 0 saturated carbocycles. The second kappa shape index (κ2) is 7.03. The minimum Gasteiger partial charge on any atom is -0.298 e. The average molecular weight is 281 g/mol. The van der Waals surface area contributed by atoms with Crippen LogP contribution in [0.1, 0.15) is 47.2 Å². The van der Waals surface area contributed by atoms with E-state index in [2.05, 4.69) is 17.2 Å². The van der Waals surface area contributed by atoms with Crippen molar-refractivity contribution in [3.8, 4) is 0 Å². The molecule has 1 aromatic rings. The van der Waals surface area contributed by atoms with Gasteiger partial charge in [-0.25, -0.2) is 5.84 Å². The fraction of sp³-hybridized carbons (Fsp3) is 0.643. The molecule has 0 aliphatic carbocycles. The van der Waals surface area contributed by atoms with Crippen LogP contribution >= 0.6 is 11.3 Å². The van der Waals surface area contributed by atoms with Crippen LogP contribution in [0.4, 0.5) is 0 Å². The van der Waals surface area contributed by atoms with Gasteiger partial charge in [0.1, 0.15) is 0 Å². The van der Waals surface area contributed by atoms with Gasteiger partial charge in [-0.15, -0.1) is 11.3 Å². The number of amides is 1. The lowest BCUT2D eigenvalue weighted by atomic mass is 9.98. The second-order valence-corrected chi connectivity index (χ2v) is 6.39. The molecule has 1 saturated heterocycles. The molecule has 1 aliphatic rings. The van der Waals surface area contributed by atoms with Gasteiger partial charge in [0.25, 0.3) is 5.91 Å². The highest BCUT2D eigenvalue weighted by molar-refractivity contribution is 7.14. The van der Waals surface area contributed by atoms with Crippen molar-refractivity contribution in [2.45, 2.75) is 39.2 Å². The summed E-state index contributed by atoms with van der Waals surface area (Å²) in [4.78, 5) is 15.9. The van der Waals surface area contributed by atoms with Crippen LogP contribution in [0.3, 0.4) is 0 Å². The zero-order valence-electron chi connectivity index (χ0n) is 11.5. The Hall–Kier alpha value is -0.910. The highest BCUT2D eigenvalue weighted by Crippen LogP contribution is 2.23. The Labute approximate surface area is 118 Å². The number of nitrogens with zero attached hydrogens (tertiary/aromatic N) is 1. The molecule has 0 spiro atoms. The first kappa shape index (κ1) is 14.5. The molecule has 1 aromatic heterocycles. The van der Waals surface area contributed by atoms with Gasteiger partial charge in [-0.2, -0.15) is 0 Å². The fourth-order valence-corrected chi connectivity index (χ4v) is 3.62. The van der Waals surface area contributed by atoms with Crippen LogP contribution in [0.15, 0.2) is 12.1 Å². The standard InChI is InChI=1S/C14H23N3OS/c1-2-11-4-3-8-17(9-7-11)10-12-5-6-13(19-12)14(18)16-15/h5-6,11H,2-4,7-10,15H2,1H3,(H,16,18).